The number of para-hydroxylation sites is 1. The summed E-state index contributed by atoms with van der Waals surface area (Å²) in [5, 5.41) is 10.2. The Bertz CT molecular complexity index is 1080. The van der Waals surface area contributed by atoms with Gasteiger partial charge in [0.25, 0.3) is 5.91 Å². The van der Waals surface area contributed by atoms with Crippen LogP contribution in [0, 0.1) is 0 Å². The summed E-state index contributed by atoms with van der Waals surface area (Å²) < 4.78 is 46.0. The second-order valence-electron chi connectivity index (χ2n) is 7.45. The van der Waals surface area contributed by atoms with Crippen LogP contribution in [0.1, 0.15) is 27.2 Å². The molecule has 0 saturated carbocycles. The molecule has 3 aromatic rings. The number of rotatable bonds is 6. The summed E-state index contributed by atoms with van der Waals surface area (Å²) in [6.07, 6.45) is -3.36. The van der Waals surface area contributed by atoms with Crippen LogP contribution < -0.4 is 5.32 Å². The number of morpholine rings is 1. The molecule has 1 fully saturated rings. The van der Waals surface area contributed by atoms with Crippen LogP contribution in [-0.4, -0.2) is 52.1 Å². The van der Waals surface area contributed by atoms with Crippen LogP contribution in [0.25, 0.3) is 5.69 Å². The van der Waals surface area contributed by atoms with Gasteiger partial charge in [0.05, 0.1) is 30.7 Å². The molecular weight excluding hydrogens is 423 g/mol. The van der Waals surface area contributed by atoms with E-state index >= 15 is 0 Å². The number of carbonyl (C=O) groups is 1. The van der Waals surface area contributed by atoms with E-state index < -0.39 is 17.6 Å². The van der Waals surface area contributed by atoms with Gasteiger partial charge in [-0.05, 0) is 23.3 Å². The Balaban J connectivity index is 1.40. The fourth-order valence-electron chi connectivity index (χ4n) is 3.53. The average Bonchev–Trinajstić information content (AvgIpc) is 3.28. The van der Waals surface area contributed by atoms with Crippen molar-refractivity contribution in [2.24, 2.45) is 0 Å². The van der Waals surface area contributed by atoms with Crippen molar-refractivity contribution in [3.63, 3.8) is 0 Å². The predicted molar refractivity (Wildman–Crippen MR) is 110 cm³/mol. The summed E-state index contributed by atoms with van der Waals surface area (Å²) in [7, 11) is 0. The van der Waals surface area contributed by atoms with E-state index in [9.17, 15) is 18.0 Å². The molecule has 0 bridgehead atoms. The number of nitrogens with zero attached hydrogens (tertiary/aromatic N) is 4. The van der Waals surface area contributed by atoms with Gasteiger partial charge in [0.1, 0.15) is 0 Å². The van der Waals surface area contributed by atoms with Crippen molar-refractivity contribution in [2.75, 3.05) is 26.3 Å². The topological polar surface area (TPSA) is 72.3 Å². The Labute approximate surface area is 182 Å². The fourth-order valence-corrected chi connectivity index (χ4v) is 3.53. The molecule has 0 radical (unpaired) electrons. The van der Waals surface area contributed by atoms with Crippen LogP contribution in [0.3, 0.4) is 0 Å². The number of ether oxygens (including phenoxy) is 1. The van der Waals surface area contributed by atoms with E-state index in [0.29, 0.717) is 0 Å². The van der Waals surface area contributed by atoms with Crippen molar-refractivity contribution in [2.45, 2.75) is 19.3 Å². The van der Waals surface area contributed by atoms with E-state index in [1.807, 2.05) is 24.3 Å². The quantitative estimate of drug-likeness (QED) is 0.632. The summed E-state index contributed by atoms with van der Waals surface area (Å²) in [6, 6.07) is 12.9. The highest BCUT2D eigenvalue weighted by Crippen LogP contribution is 2.33. The number of carbonyl (C=O) groups excluding carboxylic acids is 1. The number of aromatic nitrogens is 3. The molecule has 1 aliphatic rings. The molecule has 0 atom stereocenters. The molecule has 4 rings (SSSR count). The maximum absolute atomic E-state index is 13.2. The first kappa shape index (κ1) is 22.0. The van der Waals surface area contributed by atoms with Crippen LogP contribution in [0.2, 0.25) is 0 Å². The minimum atomic E-state index is -4.54. The van der Waals surface area contributed by atoms with Crippen molar-refractivity contribution < 1.29 is 22.7 Å². The van der Waals surface area contributed by atoms with Gasteiger partial charge in [-0.1, -0.05) is 41.6 Å². The Morgan fingerprint density at radius 3 is 2.59 bits per heavy atom. The lowest BCUT2D eigenvalue weighted by molar-refractivity contribution is -0.137. The van der Waals surface area contributed by atoms with Gasteiger partial charge in [-0.15, -0.1) is 5.10 Å². The van der Waals surface area contributed by atoms with Crippen LogP contribution in [0.4, 0.5) is 13.2 Å². The lowest BCUT2D eigenvalue weighted by atomic mass is 10.1. The molecule has 0 spiro atoms. The third kappa shape index (κ3) is 5.32. The normalized spacial score (nSPS) is 15.0. The molecule has 168 valence electrons. The second-order valence-corrected chi connectivity index (χ2v) is 7.45. The molecule has 2 aromatic carbocycles. The Hall–Kier alpha value is -3.24. The smallest absolute Gasteiger partial charge is 0.379 e. The second kappa shape index (κ2) is 9.49. The number of amides is 1. The maximum atomic E-state index is 13.2. The highest BCUT2D eigenvalue weighted by atomic mass is 19.4. The van der Waals surface area contributed by atoms with E-state index in [-0.39, 0.29) is 17.9 Å². The van der Waals surface area contributed by atoms with E-state index in [1.165, 1.54) is 24.4 Å². The molecule has 32 heavy (non-hydrogen) atoms. The molecule has 10 heteroatoms. The summed E-state index contributed by atoms with van der Waals surface area (Å²) in [4.78, 5) is 14.8. The SMILES string of the molecule is O=C(NCc1cccc(CN2CCOCC2)c1)c1cn(-c2ccccc2C(F)(F)F)nn1. The molecule has 0 aliphatic carbocycles. The molecule has 7 nitrogen and oxygen atoms in total. The first-order chi connectivity index (χ1) is 15.4. The van der Waals surface area contributed by atoms with Crippen LogP contribution in [0.15, 0.2) is 54.7 Å². The van der Waals surface area contributed by atoms with Crippen LogP contribution >= 0.6 is 0 Å². The standard InChI is InChI=1S/C22H22F3N5O2/c23-22(24,25)18-6-1-2-7-20(18)30-15-19(27-28-30)21(31)26-13-16-4-3-5-17(12-16)14-29-8-10-32-11-9-29/h1-7,12,15H,8-11,13-14H2,(H,26,31). The highest BCUT2D eigenvalue weighted by Gasteiger charge is 2.34. The third-order valence-corrected chi connectivity index (χ3v) is 5.14. The van der Waals surface area contributed by atoms with Crippen molar-refractivity contribution in [3.05, 3.63) is 77.1 Å². The average molecular weight is 445 g/mol. The van der Waals surface area contributed by atoms with Gasteiger partial charge in [0, 0.05) is 26.2 Å². The predicted octanol–water partition coefficient (Wildman–Crippen LogP) is 3.05. The third-order valence-electron chi connectivity index (χ3n) is 5.14. The van der Waals surface area contributed by atoms with Gasteiger partial charge >= 0.3 is 6.18 Å². The molecule has 0 unspecified atom stereocenters. The summed E-state index contributed by atoms with van der Waals surface area (Å²) in [5.74, 6) is -0.515. The summed E-state index contributed by atoms with van der Waals surface area (Å²) in [6.45, 7) is 4.29. The molecule has 1 aliphatic heterocycles. The van der Waals surface area contributed by atoms with Gasteiger partial charge in [-0.3, -0.25) is 9.69 Å². The molecule has 2 heterocycles. The van der Waals surface area contributed by atoms with Gasteiger partial charge in [-0.2, -0.15) is 13.2 Å². The highest BCUT2D eigenvalue weighted by molar-refractivity contribution is 5.91. The monoisotopic (exact) mass is 445 g/mol. The van der Waals surface area contributed by atoms with Crippen LogP contribution in [0.5, 0.6) is 0 Å². The van der Waals surface area contributed by atoms with Crippen molar-refractivity contribution in [3.8, 4) is 5.69 Å². The van der Waals surface area contributed by atoms with E-state index in [1.54, 1.807) is 0 Å². The number of benzene rings is 2. The van der Waals surface area contributed by atoms with Crippen molar-refractivity contribution in [1.29, 1.82) is 0 Å². The molecule has 1 amide bonds. The first-order valence-corrected chi connectivity index (χ1v) is 10.2. The van der Waals surface area contributed by atoms with Gasteiger partial charge in [0.15, 0.2) is 5.69 Å². The molecular formula is C22H22F3N5O2. The number of halogens is 3. The number of hydrogen-bond donors (Lipinski definition) is 1. The molecule has 1 saturated heterocycles. The molecule has 1 aromatic heterocycles. The lowest BCUT2D eigenvalue weighted by Crippen LogP contribution is -2.35. The lowest BCUT2D eigenvalue weighted by Gasteiger charge is -2.26. The largest absolute Gasteiger partial charge is 0.418 e. The summed E-state index contributed by atoms with van der Waals surface area (Å²) in [5.41, 5.74) is 0.940. The van der Waals surface area contributed by atoms with E-state index in [0.717, 1.165) is 54.7 Å². The number of hydrogen-bond acceptors (Lipinski definition) is 5. The number of alkyl halides is 3. The van der Waals surface area contributed by atoms with E-state index in [4.69, 9.17) is 4.74 Å². The Morgan fingerprint density at radius 2 is 1.81 bits per heavy atom. The van der Waals surface area contributed by atoms with E-state index in [2.05, 4.69) is 20.5 Å². The van der Waals surface area contributed by atoms with Crippen LogP contribution in [-0.2, 0) is 24.0 Å². The van der Waals surface area contributed by atoms with Crippen molar-refractivity contribution in [1.82, 2.24) is 25.2 Å². The fraction of sp³-hybridized carbons (Fsp3) is 0.318. The Morgan fingerprint density at radius 1 is 1.06 bits per heavy atom. The van der Waals surface area contributed by atoms with Crippen molar-refractivity contribution >= 4 is 5.91 Å². The zero-order valence-corrected chi connectivity index (χ0v) is 17.2. The zero-order valence-electron chi connectivity index (χ0n) is 17.2. The van der Waals surface area contributed by atoms with Gasteiger partial charge in [0.2, 0.25) is 0 Å². The Kier molecular flexibility index (Phi) is 6.52. The molecule has 1 N–H and O–H groups in total. The summed E-state index contributed by atoms with van der Waals surface area (Å²) >= 11 is 0. The first-order valence-electron chi connectivity index (χ1n) is 10.2. The zero-order chi connectivity index (χ0) is 22.6. The maximum Gasteiger partial charge on any atom is 0.418 e. The van der Waals surface area contributed by atoms with Gasteiger partial charge < -0.3 is 10.1 Å². The minimum Gasteiger partial charge on any atom is -0.379 e. The minimum absolute atomic E-state index is 0.0635. The van der Waals surface area contributed by atoms with Gasteiger partial charge in [-0.25, -0.2) is 4.68 Å². The number of nitrogens with one attached hydrogen (secondary N) is 1.